The number of hydrogen-bond acceptors (Lipinski definition) is 8. The minimum Gasteiger partial charge on any atom is -0.444 e. The highest BCUT2D eigenvalue weighted by atomic mass is 19.4. The van der Waals surface area contributed by atoms with Crippen molar-refractivity contribution in [3.8, 4) is 0 Å². The summed E-state index contributed by atoms with van der Waals surface area (Å²) in [4.78, 5) is 75.0. The summed E-state index contributed by atoms with van der Waals surface area (Å²) in [5.74, 6) is -2.44. The van der Waals surface area contributed by atoms with Crippen LogP contribution in [-0.4, -0.2) is 117 Å². The van der Waals surface area contributed by atoms with Crippen LogP contribution in [0.5, 0.6) is 0 Å². The molecule has 49 heavy (non-hydrogen) atoms. The minimum atomic E-state index is -4.84. The third kappa shape index (κ3) is 9.25. The van der Waals surface area contributed by atoms with Crippen LogP contribution in [0.25, 0.3) is 0 Å². The standard InChI is InChI=1S/C33H41F3N6O7/c1-30(2,3)49-28(46)38-31(4,5)26(44)40(22-48-19-23-11-7-6-8-12-23)18-25(43)39-15-16-42-29(47)41(21-33(34,35)36)27(45)32(42,20-39)17-24-13-9-10-14-37-24/h6-14H,15-22H2,1-5H3,(H,38,46)/t32-/m1/s1. The van der Waals surface area contributed by atoms with Crippen molar-refractivity contribution in [2.24, 2.45) is 0 Å². The molecular weight excluding hydrogens is 649 g/mol. The van der Waals surface area contributed by atoms with Gasteiger partial charge in [-0.15, -0.1) is 0 Å². The summed E-state index contributed by atoms with van der Waals surface area (Å²) in [6, 6.07) is 12.8. The Bertz CT molecular complexity index is 1530. The molecule has 4 rings (SSSR count). The molecule has 2 fully saturated rings. The van der Waals surface area contributed by atoms with Crippen molar-refractivity contribution in [1.29, 1.82) is 0 Å². The van der Waals surface area contributed by atoms with Crippen molar-refractivity contribution in [3.05, 3.63) is 66.0 Å². The van der Waals surface area contributed by atoms with Crippen LogP contribution >= 0.6 is 0 Å². The highest BCUT2D eigenvalue weighted by Gasteiger charge is 2.61. The topological polar surface area (TPSA) is 142 Å². The molecule has 13 nitrogen and oxygen atoms in total. The molecule has 0 spiro atoms. The van der Waals surface area contributed by atoms with Gasteiger partial charge in [0.1, 0.15) is 36.5 Å². The maximum absolute atomic E-state index is 13.9. The van der Waals surface area contributed by atoms with Gasteiger partial charge in [-0.1, -0.05) is 36.4 Å². The molecule has 2 aromatic rings. The average molecular weight is 691 g/mol. The lowest BCUT2D eigenvalue weighted by molar-refractivity contribution is -0.158. The van der Waals surface area contributed by atoms with E-state index in [4.69, 9.17) is 9.47 Å². The van der Waals surface area contributed by atoms with Gasteiger partial charge < -0.3 is 29.5 Å². The van der Waals surface area contributed by atoms with Crippen LogP contribution in [0, 0.1) is 0 Å². The number of benzene rings is 1. The van der Waals surface area contributed by atoms with Gasteiger partial charge in [0.25, 0.3) is 5.91 Å². The van der Waals surface area contributed by atoms with Crippen molar-refractivity contribution in [3.63, 3.8) is 0 Å². The lowest BCUT2D eigenvalue weighted by Crippen LogP contribution is -2.66. The number of carbonyl (C=O) groups is 5. The van der Waals surface area contributed by atoms with E-state index >= 15 is 0 Å². The zero-order valence-electron chi connectivity index (χ0n) is 28.1. The van der Waals surface area contributed by atoms with E-state index in [-0.39, 0.29) is 37.7 Å². The van der Waals surface area contributed by atoms with E-state index < -0.39 is 72.3 Å². The van der Waals surface area contributed by atoms with Crippen molar-refractivity contribution < 1.29 is 46.6 Å². The summed E-state index contributed by atoms with van der Waals surface area (Å²) in [7, 11) is 0. The molecule has 0 bridgehead atoms. The Morgan fingerprint density at radius 2 is 1.65 bits per heavy atom. The van der Waals surface area contributed by atoms with E-state index in [1.807, 2.05) is 30.3 Å². The van der Waals surface area contributed by atoms with Crippen LogP contribution in [0.2, 0.25) is 0 Å². The van der Waals surface area contributed by atoms with Crippen LogP contribution in [0.4, 0.5) is 22.8 Å². The van der Waals surface area contributed by atoms with Crippen molar-refractivity contribution in [1.82, 2.24) is 29.9 Å². The Morgan fingerprint density at radius 3 is 2.27 bits per heavy atom. The van der Waals surface area contributed by atoms with Gasteiger partial charge in [0.2, 0.25) is 11.8 Å². The molecule has 0 radical (unpaired) electrons. The second kappa shape index (κ2) is 14.4. The van der Waals surface area contributed by atoms with E-state index in [1.165, 1.54) is 24.9 Å². The Morgan fingerprint density at radius 1 is 0.980 bits per heavy atom. The molecule has 0 aliphatic carbocycles. The van der Waals surface area contributed by atoms with Gasteiger partial charge >= 0.3 is 18.3 Å². The van der Waals surface area contributed by atoms with Gasteiger partial charge in [-0.25, -0.2) is 9.59 Å². The molecule has 2 aliphatic heterocycles. The average Bonchev–Trinajstić information content (AvgIpc) is 3.19. The van der Waals surface area contributed by atoms with Crippen LogP contribution in [0.3, 0.4) is 0 Å². The first-order chi connectivity index (χ1) is 22.8. The smallest absolute Gasteiger partial charge is 0.408 e. The first-order valence-electron chi connectivity index (χ1n) is 15.6. The lowest BCUT2D eigenvalue weighted by Gasteiger charge is -2.44. The van der Waals surface area contributed by atoms with Gasteiger partial charge in [0.05, 0.1) is 13.2 Å². The maximum atomic E-state index is 13.9. The molecule has 1 atom stereocenters. The number of alkyl halides is 3. The quantitative estimate of drug-likeness (QED) is 0.280. The summed E-state index contributed by atoms with van der Waals surface area (Å²) in [6.07, 6.45) is -4.50. The molecule has 1 aromatic carbocycles. The molecule has 3 heterocycles. The molecule has 6 amide bonds. The van der Waals surface area contributed by atoms with Crippen molar-refractivity contribution in [2.75, 3.05) is 39.5 Å². The summed E-state index contributed by atoms with van der Waals surface area (Å²) < 4.78 is 51.4. The number of aromatic nitrogens is 1. The Labute approximate surface area is 282 Å². The normalized spacial score (nSPS) is 18.3. The number of pyridine rings is 1. The van der Waals surface area contributed by atoms with Crippen LogP contribution in [0.15, 0.2) is 54.7 Å². The SMILES string of the molecule is CC(C)(C)OC(=O)NC(C)(C)C(=O)N(COCc1ccccc1)CC(=O)N1CCN2C(=O)N(CC(F)(F)F)C(=O)[C@@]2(Cc2ccccn2)C1. The Balaban J connectivity index is 1.58. The van der Waals surface area contributed by atoms with Gasteiger partial charge in [-0.3, -0.25) is 24.3 Å². The molecule has 1 aromatic heterocycles. The third-order valence-corrected chi connectivity index (χ3v) is 7.88. The van der Waals surface area contributed by atoms with Gasteiger partial charge in [0, 0.05) is 31.4 Å². The molecule has 2 aliphatic rings. The highest BCUT2D eigenvalue weighted by Crippen LogP contribution is 2.36. The molecule has 2 saturated heterocycles. The Kier molecular flexibility index (Phi) is 10.9. The fraction of sp³-hybridized carbons (Fsp3) is 0.515. The van der Waals surface area contributed by atoms with Gasteiger partial charge in [-0.2, -0.15) is 13.2 Å². The fourth-order valence-corrected chi connectivity index (χ4v) is 5.72. The lowest BCUT2D eigenvalue weighted by atomic mass is 9.88. The number of fused-ring (bicyclic) bond motifs is 1. The number of rotatable bonds is 11. The number of halogens is 3. The van der Waals surface area contributed by atoms with E-state index in [2.05, 4.69) is 10.3 Å². The number of hydrogen-bond donors (Lipinski definition) is 1. The van der Waals surface area contributed by atoms with E-state index in [0.29, 0.717) is 5.69 Å². The Hall–Kier alpha value is -4.73. The molecule has 16 heteroatoms. The number of imide groups is 1. The maximum Gasteiger partial charge on any atom is 0.408 e. The first-order valence-corrected chi connectivity index (χ1v) is 15.6. The largest absolute Gasteiger partial charge is 0.444 e. The van der Waals surface area contributed by atoms with Crippen LogP contribution in [0.1, 0.15) is 45.9 Å². The monoisotopic (exact) mass is 690 g/mol. The summed E-state index contributed by atoms with van der Waals surface area (Å²) in [5, 5.41) is 2.53. The van der Waals surface area contributed by atoms with E-state index in [0.717, 1.165) is 15.4 Å². The molecule has 0 saturated carbocycles. The van der Waals surface area contributed by atoms with Crippen molar-refractivity contribution in [2.45, 2.75) is 70.5 Å². The fourth-order valence-electron chi connectivity index (χ4n) is 5.72. The number of urea groups is 1. The second-order valence-electron chi connectivity index (χ2n) is 13.5. The summed E-state index contributed by atoms with van der Waals surface area (Å²) in [6.45, 7) is 4.45. The number of alkyl carbamates (subject to hydrolysis) is 1. The van der Waals surface area contributed by atoms with Crippen LogP contribution in [-0.2, 0) is 36.9 Å². The molecule has 0 unspecified atom stereocenters. The summed E-state index contributed by atoms with van der Waals surface area (Å²) in [5.41, 5.74) is -3.14. The van der Waals surface area contributed by atoms with Crippen LogP contribution < -0.4 is 5.32 Å². The molecular formula is C33H41F3N6O7. The van der Waals surface area contributed by atoms with E-state index in [1.54, 1.807) is 39.0 Å². The number of carbonyl (C=O) groups excluding carboxylic acids is 5. The highest BCUT2D eigenvalue weighted by molar-refractivity contribution is 6.08. The van der Waals surface area contributed by atoms with Crippen molar-refractivity contribution >= 4 is 29.8 Å². The number of nitrogens with zero attached hydrogens (tertiary/aromatic N) is 5. The number of nitrogens with one attached hydrogen (secondary N) is 1. The minimum absolute atomic E-state index is 0.0935. The third-order valence-electron chi connectivity index (χ3n) is 7.88. The first kappa shape index (κ1) is 37.1. The molecule has 266 valence electrons. The predicted octanol–water partition coefficient (Wildman–Crippen LogP) is 3.34. The zero-order valence-corrected chi connectivity index (χ0v) is 28.1. The number of ether oxygens (including phenoxy) is 2. The van der Waals surface area contributed by atoms with Gasteiger partial charge in [0.15, 0.2) is 0 Å². The zero-order chi connectivity index (χ0) is 36.2. The molecule has 1 N–H and O–H groups in total. The van der Waals surface area contributed by atoms with Gasteiger partial charge in [-0.05, 0) is 52.3 Å². The predicted molar refractivity (Wildman–Crippen MR) is 168 cm³/mol. The summed E-state index contributed by atoms with van der Waals surface area (Å²) >= 11 is 0. The number of piperazine rings is 1. The van der Waals surface area contributed by atoms with E-state index in [9.17, 15) is 37.1 Å². The number of amides is 6. The second-order valence-corrected chi connectivity index (χ2v) is 13.5.